The maximum Gasteiger partial charge on any atom is 0.251 e. The van der Waals surface area contributed by atoms with Crippen LogP contribution in [-0.4, -0.2) is 72.6 Å². The number of nitrogens with zero attached hydrogens (tertiary/aromatic N) is 8. The predicted molar refractivity (Wildman–Crippen MR) is 150 cm³/mol. The number of hydrogen-bond donors (Lipinski definition) is 1. The first-order chi connectivity index (χ1) is 19.5. The maximum atomic E-state index is 12.8. The lowest BCUT2D eigenvalue weighted by Crippen LogP contribution is -2.52. The molecule has 0 aliphatic carbocycles. The van der Waals surface area contributed by atoms with Crippen molar-refractivity contribution in [3.8, 4) is 28.3 Å². The summed E-state index contributed by atoms with van der Waals surface area (Å²) in [7, 11) is 1.87. The Kier molecular flexibility index (Phi) is 6.72. The molecule has 1 atom stereocenters. The number of amides is 1. The summed E-state index contributed by atoms with van der Waals surface area (Å²) in [5.41, 5.74) is 5.77. The summed E-state index contributed by atoms with van der Waals surface area (Å²) in [6.45, 7) is 2.28. The number of carbonyl (C=O) groups excluding carboxylic acids is 1. The monoisotopic (exact) mass is 532 g/mol. The van der Waals surface area contributed by atoms with Gasteiger partial charge in [-0.1, -0.05) is 30.3 Å². The van der Waals surface area contributed by atoms with E-state index in [0.29, 0.717) is 38.2 Å². The number of pyridine rings is 2. The van der Waals surface area contributed by atoms with Gasteiger partial charge in [-0.25, -0.2) is 9.50 Å². The molecule has 1 saturated heterocycles. The van der Waals surface area contributed by atoms with Gasteiger partial charge >= 0.3 is 0 Å². The third-order valence-corrected chi connectivity index (χ3v) is 7.30. The lowest BCUT2D eigenvalue weighted by molar-refractivity contribution is -0.140. The minimum atomic E-state index is -1.05. The zero-order valence-corrected chi connectivity index (χ0v) is 22.1. The van der Waals surface area contributed by atoms with E-state index in [2.05, 4.69) is 21.2 Å². The number of carbonyl (C=O) groups is 1. The molecule has 5 aromatic rings. The van der Waals surface area contributed by atoms with Gasteiger partial charge < -0.3 is 14.9 Å². The van der Waals surface area contributed by atoms with Crippen LogP contribution in [-0.2, 0) is 18.3 Å². The van der Waals surface area contributed by atoms with Gasteiger partial charge in [0.05, 0.1) is 23.5 Å². The third kappa shape index (κ3) is 4.90. The molecule has 1 aliphatic heterocycles. The molecule has 1 aromatic carbocycles. The quantitative estimate of drug-likeness (QED) is 0.358. The summed E-state index contributed by atoms with van der Waals surface area (Å²) in [4.78, 5) is 21.4. The Hall–Kier alpha value is -5.01. The molecule has 1 N–H and O–H groups in total. The number of nitriles is 1. The van der Waals surface area contributed by atoms with Crippen LogP contribution in [0.3, 0.4) is 0 Å². The fourth-order valence-corrected chi connectivity index (χ4v) is 5.18. The molecule has 1 amide bonds. The van der Waals surface area contributed by atoms with E-state index in [-0.39, 0.29) is 5.91 Å². The number of anilines is 1. The van der Waals surface area contributed by atoms with Gasteiger partial charge in [-0.15, -0.1) is 0 Å². The van der Waals surface area contributed by atoms with Gasteiger partial charge in [-0.3, -0.25) is 9.48 Å². The fourth-order valence-electron chi connectivity index (χ4n) is 5.18. The van der Waals surface area contributed by atoms with Crippen molar-refractivity contribution in [2.75, 3.05) is 31.1 Å². The first kappa shape index (κ1) is 25.3. The molecule has 4 aromatic heterocycles. The fraction of sp³-hybridized carbons (Fsp3) is 0.233. The van der Waals surface area contributed by atoms with Crippen molar-refractivity contribution in [2.24, 2.45) is 7.05 Å². The van der Waals surface area contributed by atoms with E-state index in [1.165, 1.54) is 0 Å². The molecule has 6 rings (SSSR count). The zero-order chi connectivity index (χ0) is 27.6. The van der Waals surface area contributed by atoms with Crippen LogP contribution in [0, 0.1) is 11.3 Å². The summed E-state index contributed by atoms with van der Waals surface area (Å²) in [6, 6.07) is 17.8. The van der Waals surface area contributed by atoms with Gasteiger partial charge in [0.15, 0.2) is 0 Å². The second-order valence-electron chi connectivity index (χ2n) is 9.93. The summed E-state index contributed by atoms with van der Waals surface area (Å²) in [5.74, 6) is 0.576. The van der Waals surface area contributed by atoms with Crippen LogP contribution in [0.2, 0.25) is 0 Å². The first-order valence-electron chi connectivity index (χ1n) is 13.1. The van der Waals surface area contributed by atoms with Crippen LogP contribution in [0.5, 0.6) is 0 Å². The van der Waals surface area contributed by atoms with Crippen molar-refractivity contribution < 1.29 is 9.90 Å². The van der Waals surface area contributed by atoms with Crippen molar-refractivity contribution >= 4 is 17.2 Å². The summed E-state index contributed by atoms with van der Waals surface area (Å²) < 4.78 is 3.48. The van der Waals surface area contributed by atoms with Gasteiger partial charge in [0.1, 0.15) is 18.0 Å². The van der Waals surface area contributed by atoms with Crippen LogP contribution in [0.25, 0.3) is 27.8 Å². The minimum Gasteiger partial charge on any atom is -0.383 e. The summed E-state index contributed by atoms with van der Waals surface area (Å²) in [6.07, 6.45) is 8.28. The normalized spacial score (nSPS) is 14.3. The molecule has 1 fully saturated rings. The molecule has 200 valence electrons. The highest BCUT2D eigenvalue weighted by Gasteiger charge is 2.27. The van der Waals surface area contributed by atoms with E-state index in [0.717, 1.165) is 39.2 Å². The summed E-state index contributed by atoms with van der Waals surface area (Å²) >= 11 is 0. The maximum absolute atomic E-state index is 12.8. The largest absolute Gasteiger partial charge is 0.383 e. The first-order valence-corrected chi connectivity index (χ1v) is 13.1. The van der Waals surface area contributed by atoms with Crippen LogP contribution in [0.15, 0.2) is 79.5 Å². The standard InChI is InChI=1S/C30H28N8O2/c1-35-19-25(18-33-35)23-14-26(29-24(15-31)17-34-38(29)20-23)22-7-8-28(32-16-22)36-9-11-37(12-10-36)30(40)27(39)13-21-5-3-2-4-6-21/h2-8,14,16-20,27,39H,9-13H2,1H3. The van der Waals surface area contributed by atoms with Gasteiger partial charge in [-0.05, 0) is 23.8 Å². The number of fused-ring (bicyclic) bond motifs is 1. The summed E-state index contributed by atoms with van der Waals surface area (Å²) in [5, 5.41) is 28.9. The lowest BCUT2D eigenvalue weighted by atomic mass is 10.0. The van der Waals surface area contributed by atoms with E-state index >= 15 is 0 Å². The minimum absolute atomic E-state index is 0.238. The van der Waals surface area contributed by atoms with Crippen molar-refractivity contribution in [1.82, 2.24) is 29.3 Å². The van der Waals surface area contributed by atoms with Crippen LogP contribution in [0.1, 0.15) is 11.1 Å². The highest BCUT2D eigenvalue weighted by Crippen LogP contribution is 2.32. The van der Waals surface area contributed by atoms with E-state index in [1.54, 1.807) is 26.5 Å². The molecule has 40 heavy (non-hydrogen) atoms. The lowest BCUT2D eigenvalue weighted by Gasteiger charge is -2.36. The van der Waals surface area contributed by atoms with Gasteiger partial charge in [-0.2, -0.15) is 15.5 Å². The number of benzene rings is 1. The molecule has 0 bridgehead atoms. The molecule has 1 unspecified atom stereocenters. The second kappa shape index (κ2) is 10.6. The number of hydrogen-bond acceptors (Lipinski definition) is 7. The topological polar surface area (TPSA) is 116 Å². The Morgan fingerprint density at radius 2 is 1.77 bits per heavy atom. The van der Waals surface area contributed by atoms with Crippen molar-refractivity contribution in [1.29, 1.82) is 5.26 Å². The van der Waals surface area contributed by atoms with E-state index in [1.807, 2.05) is 74.2 Å². The Bertz CT molecular complexity index is 1690. The zero-order valence-electron chi connectivity index (χ0n) is 22.1. The van der Waals surface area contributed by atoms with Crippen molar-refractivity contribution in [3.05, 3.63) is 90.6 Å². The second-order valence-corrected chi connectivity index (χ2v) is 9.93. The average Bonchev–Trinajstić information content (AvgIpc) is 3.63. The molecule has 10 heteroatoms. The number of aryl methyl sites for hydroxylation is 1. The molecule has 0 radical (unpaired) electrons. The molecular weight excluding hydrogens is 504 g/mol. The third-order valence-electron chi connectivity index (χ3n) is 7.30. The Labute approximate surface area is 231 Å². The average molecular weight is 533 g/mol. The van der Waals surface area contributed by atoms with E-state index in [9.17, 15) is 15.2 Å². The van der Waals surface area contributed by atoms with E-state index in [4.69, 9.17) is 4.98 Å². The Morgan fingerprint density at radius 1 is 0.975 bits per heavy atom. The molecule has 10 nitrogen and oxygen atoms in total. The number of piperazine rings is 1. The van der Waals surface area contributed by atoms with Crippen LogP contribution < -0.4 is 4.90 Å². The molecular formula is C30H28N8O2. The van der Waals surface area contributed by atoms with Gasteiger partial charge in [0, 0.05) is 80.5 Å². The van der Waals surface area contributed by atoms with Crippen molar-refractivity contribution in [2.45, 2.75) is 12.5 Å². The predicted octanol–water partition coefficient (Wildman–Crippen LogP) is 2.92. The smallest absolute Gasteiger partial charge is 0.251 e. The van der Waals surface area contributed by atoms with Crippen molar-refractivity contribution in [3.63, 3.8) is 0 Å². The van der Waals surface area contributed by atoms with Gasteiger partial charge in [0.25, 0.3) is 5.91 Å². The van der Waals surface area contributed by atoms with Crippen LogP contribution in [0.4, 0.5) is 5.82 Å². The van der Waals surface area contributed by atoms with E-state index < -0.39 is 6.10 Å². The Balaban J connectivity index is 1.18. The molecule has 1 aliphatic rings. The number of aliphatic hydroxyl groups excluding tert-OH is 1. The highest BCUT2D eigenvalue weighted by molar-refractivity contribution is 5.87. The molecule has 0 saturated carbocycles. The number of aliphatic hydroxyl groups is 1. The van der Waals surface area contributed by atoms with Gasteiger partial charge in [0.2, 0.25) is 0 Å². The highest BCUT2D eigenvalue weighted by atomic mass is 16.3. The molecule has 0 spiro atoms. The SMILES string of the molecule is Cn1cc(-c2cc(-c3ccc(N4CCN(C(=O)C(O)Cc5ccccc5)CC4)nc3)c3c(C#N)cnn3c2)cn1. The molecule has 5 heterocycles. The number of rotatable bonds is 6. The number of aromatic nitrogens is 5. The van der Waals surface area contributed by atoms with Crippen LogP contribution >= 0.6 is 0 Å². The Morgan fingerprint density at radius 3 is 2.45 bits per heavy atom.